The number of furan rings is 1. The number of rotatable bonds is 4. The third kappa shape index (κ3) is 2.75. The number of carbonyl (C=O) groups is 1. The van der Waals surface area contributed by atoms with E-state index in [1.165, 1.54) is 32.1 Å². The van der Waals surface area contributed by atoms with E-state index >= 15 is 0 Å². The van der Waals surface area contributed by atoms with Crippen LogP contribution in [0.25, 0.3) is 0 Å². The molecular weight excluding hydrogens is 200 g/mol. The number of Topliss-reactive ketones (excluding diaryl/α,β-unsaturated/α-hetero) is 1. The molecule has 0 aliphatic heterocycles. The zero-order valence-corrected chi connectivity index (χ0v) is 10.00. The first kappa shape index (κ1) is 11.4. The van der Waals surface area contributed by atoms with Gasteiger partial charge in [0.2, 0.25) is 0 Å². The second kappa shape index (κ2) is 5.33. The lowest BCUT2D eigenvalue weighted by Gasteiger charge is -2.20. The molecule has 16 heavy (non-hydrogen) atoms. The molecule has 1 fully saturated rings. The number of hydrogen-bond acceptors (Lipinski definition) is 2. The highest BCUT2D eigenvalue weighted by molar-refractivity contribution is 5.93. The van der Waals surface area contributed by atoms with Crippen molar-refractivity contribution in [3.8, 4) is 0 Å². The van der Waals surface area contributed by atoms with Gasteiger partial charge in [0, 0.05) is 12.8 Å². The van der Waals surface area contributed by atoms with Gasteiger partial charge >= 0.3 is 0 Å². The summed E-state index contributed by atoms with van der Waals surface area (Å²) in [5, 5.41) is 0. The van der Waals surface area contributed by atoms with Crippen LogP contribution in [0.1, 0.15) is 61.8 Å². The molecule has 0 radical (unpaired) electrons. The predicted molar refractivity (Wildman–Crippen MR) is 63.6 cm³/mol. The molecule has 2 nitrogen and oxygen atoms in total. The second-order valence-corrected chi connectivity index (χ2v) is 4.75. The molecule has 0 N–H and O–H groups in total. The largest absolute Gasteiger partial charge is 0.458 e. The third-order valence-electron chi connectivity index (χ3n) is 3.48. The Balaban J connectivity index is 1.91. The maximum Gasteiger partial charge on any atom is 0.198 e. The Kier molecular flexibility index (Phi) is 3.81. The molecule has 0 atom stereocenters. The third-order valence-corrected chi connectivity index (χ3v) is 3.48. The van der Waals surface area contributed by atoms with Crippen molar-refractivity contribution >= 4 is 5.78 Å². The van der Waals surface area contributed by atoms with E-state index in [2.05, 4.69) is 0 Å². The van der Waals surface area contributed by atoms with Crippen LogP contribution in [0, 0.1) is 5.92 Å². The molecule has 1 aromatic heterocycles. The monoisotopic (exact) mass is 220 g/mol. The highest BCUT2D eigenvalue weighted by Gasteiger charge is 2.19. The van der Waals surface area contributed by atoms with Gasteiger partial charge < -0.3 is 4.42 Å². The minimum atomic E-state index is 0.187. The molecule has 0 unspecified atom stereocenters. The summed E-state index contributed by atoms with van der Waals surface area (Å²) in [6.07, 6.45) is 7.88. The number of aryl methyl sites for hydroxylation is 1. The Morgan fingerprint density at radius 1 is 1.31 bits per heavy atom. The summed E-state index contributed by atoms with van der Waals surface area (Å²) in [5.41, 5.74) is 0. The zero-order valence-electron chi connectivity index (χ0n) is 10.00. The molecule has 1 aliphatic carbocycles. The summed E-state index contributed by atoms with van der Waals surface area (Å²) in [6.45, 7) is 2.04. The van der Waals surface area contributed by atoms with E-state index in [9.17, 15) is 4.79 Å². The smallest absolute Gasteiger partial charge is 0.198 e. The molecule has 1 saturated carbocycles. The van der Waals surface area contributed by atoms with Crippen LogP contribution in [0.4, 0.5) is 0 Å². The summed E-state index contributed by atoms with van der Waals surface area (Å²) >= 11 is 0. The zero-order chi connectivity index (χ0) is 11.4. The summed E-state index contributed by atoms with van der Waals surface area (Å²) in [5.74, 6) is 2.25. The first-order valence-corrected chi connectivity index (χ1v) is 6.41. The quantitative estimate of drug-likeness (QED) is 0.718. The molecule has 2 rings (SSSR count). The van der Waals surface area contributed by atoms with E-state index in [1.807, 2.05) is 19.1 Å². The van der Waals surface area contributed by atoms with Crippen LogP contribution in [0.5, 0.6) is 0 Å². The molecule has 0 aromatic carbocycles. The molecule has 1 aromatic rings. The minimum Gasteiger partial charge on any atom is -0.458 e. The number of carbonyl (C=O) groups excluding carboxylic acids is 1. The first-order valence-electron chi connectivity index (χ1n) is 6.41. The van der Waals surface area contributed by atoms with Gasteiger partial charge in [-0.2, -0.15) is 0 Å². The van der Waals surface area contributed by atoms with Gasteiger partial charge in [0.15, 0.2) is 11.5 Å². The average molecular weight is 220 g/mol. The van der Waals surface area contributed by atoms with Crippen LogP contribution in [0.2, 0.25) is 0 Å². The molecule has 0 saturated heterocycles. The fraction of sp³-hybridized carbons (Fsp3) is 0.643. The van der Waals surface area contributed by atoms with Crippen LogP contribution in [-0.2, 0) is 6.42 Å². The fourth-order valence-electron chi connectivity index (χ4n) is 2.47. The van der Waals surface area contributed by atoms with Crippen LogP contribution >= 0.6 is 0 Å². The highest BCUT2D eigenvalue weighted by atomic mass is 16.3. The van der Waals surface area contributed by atoms with E-state index in [1.54, 1.807) is 0 Å². The molecule has 88 valence electrons. The van der Waals surface area contributed by atoms with Crippen molar-refractivity contribution in [1.82, 2.24) is 0 Å². The van der Waals surface area contributed by atoms with Gasteiger partial charge in [0.05, 0.1) is 0 Å². The lowest BCUT2D eigenvalue weighted by molar-refractivity contribution is 0.0921. The van der Waals surface area contributed by atoms with Crippen LogP contribution in [0.3, 0.4) is 0 Å². The van der Waals surface area contributed by atoms with Crippen molar-refractivity contribution in [1.29, 1.82) is 0 Å². The summed E-state index contributed by atoms with van der Waals surface area (Å²) in [4.78, 5) is 11.9. The predicted octanol–water partition coefficient (Wildman–Crippen LogP) is 4.00. The number of ketones is 1. The molecule has 0 spiro atoms. The van der Waals surface area contributed by atoms with Crippen molar-refractivity contribution < 1.29 is 9.21 Å². The topological polar surface area (TPSA) is 30.2 Å². The van der Waals surface area contributed by atoms with Crippen molar-refractivity contribution in [2.75, 3.05) is 0 Å². The molecule has 0 bridgehead atoms. The Morgan fingerprint density at radius 3 is 2.69 bits per heavy atom. The summed E-state index contributed by atoms with van der Waals surface area (Å²) in [6, 6.07) is 3.73. The van der Waals surface area contributed by atoms with E-state index in [0.717, 1.165) is 12.2 Å². The Bertz CT molecular complexity index is 345. The Labute approximate surface area is 97.0 Å². The van der Waals surface area contributed by atoms with Gasteiger partial charge in [-0.15, -0.1) is 0 Å². The molecule has 1 heterocycles. The number of hydrogen-bond donors (Lipinski definition) is 0. The van der Waals surface area contributed by atoms with Gasteiger partial charge in [0.1, 0.15) is 5.76 Å². The van der Waals surface area contributed by atoms with E-state index in [4.69, 9.17) is 4.42 Å². The normalized spacial score (nSPS) is 17.6. The Hall–Kier alpha value is -1.05. The molecular formula is C14H20O2. The van der Waals surface area contributed by atoms with E-state index in [-0.39, 0.29) is 5.78 Å². The van der Waals surface area contributed by atoms with Crippen LogP contribution in [-0.4, -0.2) is 5.78 Å². The van der Waals surface area contributed by atoms with Gasteiger partial charge in [0.25, 0.3) is 0 Å². The average Bonchev–Trinajstić information content (AvgIpc) is 2.79. The first-order chi connectivity index (χ1) is 7.79. The standard InChI is InChI=1S/C14H20O2/c1-2-12-8-9-14(16-12)13(15)10-11-6-4-3-5-7-11/h8-9,11H,2-7,10H2,1H3. The summed E-state index contributed by atoms with van der Waals surface area (Å²) in [7, 11) is 0. The van der Waals surface area contributed by atoms with E-state index in [0.29, 0.717) is 18.1 Å². The fourth-order valence-corrected chi connectivity index (χ4v) is 2.47. The molecule has 2 heteroatoms. The van der Waals surface area contributed by atoms with Crippen molar-refractivity contribution in [2.45, 2.75) is 51.9 Å². The van der Waals surface area contributed by atoms with Crippen molar-refractivity contribution in [3.63, 3.8) is 0 Å². The SMILES string of the molecule is CCc1ccc(C(=O)CC2CCCCC2)o1. The van der Waals surface area contributed by atoms with Gasteiger partial charge in [-0.1, -0.05) is 39.0 Å². The van der Waals surface area contributed by atoms with Crippen LogP contribution < -0.4 is 0 Å². The van der Waals surface area contributed by atoms with Crippen molar-refractivity contribution in [3.05, 3.63) is 23.7 Å². The van der Waals surface area contributed by atoms with Crippen LogP contribution in [0.15, 0.2) is 16.5 Å². The summed E-state index contributed by atoms with van der Waals surface area (Å²) < 4.78 is 5.49. The minimum absolute atomic E-state index is 0.187. The van der Waals surface area contributed by atoms with Gasteiger partial charge in [-0.3, -0.25) is 4.79 Å². The lowest BCUT2D eigenvalue weighted by atomic mass is 9.85. The maximum atomic E-state index is 11.9. The van der Waals surface area contributed by atoms with Crippen molar-refractivity contribution in [2.24, 2.45) is 5.92 Å². The molecule has 1 aliphatic rings. The van der Waals surface area contributed by atoms with Gasteiger partial charge in [-0.25, -0.2) is 0 Å². The lowest BCUT2D eigenvalue weighted by Crippen LogP contribution is -2.11. The molecule has 0 amide bonds. The highest BCUT2D eigenvalue weighted by Crippen LogP contribution is 2.27. The maximum absolute atomic E-state index is 11.9. The van der Waals surface area contributed by atoms with E-state index < -0.39 is 0 Å². The van der Waals surface area contributed by atoms with Gasteiger partial charge in [-0.05, 0) is 18.1 Å². The Morgan fingerprint density at radius 2 is 2.06 bits per heavy atom. The second-order valence-electron chi connectivity index (χ2n) is 4.75.